The van der Waals surface area contributed by atoms with Crippen LogP contribution in [0.1, 0.15) is 27.7 Å². The smallest absolute Gasteiger partial charge is 0.399 e. The van der Waals surface area contributed by atoms with Gasteiger partial charge in [0.25, 0.3) is 0 Å². The van der Waals surface area contributed by atoms with E-state index < -0.39 is 18.3 Å². The lowest BCUT2D eigenvalue weighted by molar-refractivity contribution is 0.00578. The molecular weight excluding hydrogens is 284 g/mol. The van der Waals surface area contributed by atoms with E-state index in [1.165, 1.54) is 6.07 Å². The first-order valence-electron chi connectivity index (χ1n) is 7.77. The first-order valence-corrected chi connectivity index (χ1v) is 7.77. The van der Waals surface area contributed by atoms with Gasteiger partial charge < -0.3 is 19.5 Å². The molecule has 2 saturated heterocycles. The average Bonchev–Trinajstić information content (AvgIpc) is 2.68. The van der Waals surface area contributed by atoms with Gasteiger partial charge in [-0.1, -0.05) is 0 Å². The van der Waals surface area contributed by atoms with Crippen LogP contribution in [-0.4, -0.2) is 49.5 Å². The molecule has 2 aliphatic heterocycles. The van der Waals surface area contributed by atoms with Crippen LogP contribution in [0.3, 0.4) is 0 Å². The van der Waals surface area contributed by atoms with Crippen molar-refractivity contribution in [3.8, 4) is 0 Å². The Labute approximate surface area is 131 Å². The predicted octanol–water partition coefficient (Wildman–Crippen LogP) is 0.929. The molecule has 3 heterocycles. The van der Waals surface area contributed by atoms with Crippen LogP contribution in [0.4, 0.5) is 10.2 Å². The lowest BCUT2D eigenvalue weighted by atomic mass is 9.80. The zero-order chi connectivity index (χ0) is 16.0. The van der Waals surface area contributed by atoms with Crippen LogP contribution in [0.25, 0.3) is 0 Å². The highest BCUT2D eigenvalue weighted by molar-refractivity contribution is 6.62. The highest BCUT2D eigenvalue weighted by Gasteiger charge is 2.52. The summed E-state index contributed by atoms with van der Waals surface area (Å²) in [5, 5.41) is 3.25. The number of halogens is 1. The summed E-state index contributed by atoms with van der Waals surface area (Å²) in [5.41, 5.74) is -0.258. The monoisotopic (exact) mass is 307 g/mol. The SMILES string of the molecule is CC1(C)OB(c2cnc(N3CCNCC3)c(F)c2)OC1(C)C. The number of aromatic nitrogens is 1. The van der Waals surface area contributed by atoms with E-state index in [1.54, 1.807) is 6.20 Å². The van der Waals surface area contributed by atoms with Crippen molar-refractivity contribution in [1.82, 2.24) is 10.3 Å². The van der Waals surface area contributed by atoms with Crippen LogP contribution in [-0.2, 0) is 9.31 Å². The Morgan fingerprint density at radius 2 is 1.77 bits per heavy atom. The Morgan fingerprint density at radius 3 is 2.32 bits per heavy atom. The normalized spacial score (nSPS) is 23.9. The average molecular weight is 307 g/mol. The maximum Gasteiger partial charge on any atom is 0.496 e. The summed E-state index contributed by atoms with van der Waals surface area (Å²) in [6.45, 7) is 11.1. The number of anilines is 1. The molecule has 1 aromatic heterocycles. The Kier molecular flexibility index (Phi) is 3.91. The summed E-state index contributed by atoms with van der Waals surface area (Å²) < 4.78 is 26.3. The molecule has 1 N–H and O–H groups in total. The van der Waals surface area contributed by atoms with E-state index in [4.69, 9.17) is 9.31 Å². The zero-order valence-corrected chi connectivity index (χ0v) is 13.6. The second kappa shape index (κ2) is 5.47. The number of nitrogens with zero attached hydrogens (tertiary/aromatic N) is 2. The Balaban J connectivity index is 1.81. The molecule has 2 aliphatic rings. The third-order valence-electron chi connectivity index (χ3n) is 4.78. The number of nitrogens with one attached hydrogen (secondary N) is 1. The molecule has 0 unspecified atom stereocenters. The van der Waals surface area contributed by atoms with Crippen molar-refractivity contribution >= 4 is 18.4 Å². The fourth-order valence-electron chi connectivity index (χ4n) is 2.66. The molecule has 0 saturated carbocycles. The molecule has 0 aromatic carbocycles. The maximum atomic E-state index is 14.4. The van der Waals surface area contributed by atoms with Gasteiger partial charge in [0.2, 0.25) is 0 Å². The predicted molar refractivity (Wildman–Crippen MR) is 85.0 cm³/mol. The molecule has 0 amide bonds. The molecule has 0 bridgehead atoms. The van der Waals surface area contributed by atoms with E-state index in [2.05, 4.69) is 10.3 Å². The minimum absolute atomic E-state index is 0.325. The van der Waals surface area contributed by atoms with Gasteiger partial charge in [0, 0.05) is 37.8 Å². The van der Waals surface area contributed by atoms with Crippen LogP contribution in [0.2, 0.25) is 0 Å². The minimum Gasteiger partial charge on any atom is -0.399 e. The fraction of sp³-hybridized carbons (Fsp3) is 0.667. The molecule has 120 valence electrons. The fourth-order valence-corrected chi connectivity index (χ4v) is 2.66. The van der Waals surface area contributed by atoms with Gasteiger partial charge in [-0.15, -0.1) is 0 Å². The van der Waals surface area contributed by atoms with Crippen molar-refractivity contribution in [2.45, 2.75) is 38.9 Å². The molecule has 22 heavy (non-hydrogen) atoms. The first kappa shape index (κ1) is 15.7. The maximum absolute atomic E-state index is 14.4. The summed E-state index contributed by atoms with van der Waals surface area (Å²) in [6, 6.07) is 1.48. The highest BCUT2D eigenvalue weighted by Crippen LogP contribution is 2.36. The molecule has 0 atom stereocenters. The van der Waals surface area contributed by atoms with Crippen LogP contribution in [0.15, 0.2) is 12.3 Å². The molecular formula is C15H23BFN3O2. The molecule has 5 nitrogen and oxygen atoms in total. The number of piperazine rings is 1. The Bertz CT molecular complexity index is 546. The van der Waals surface area contributed by atoms with Crippen LogP contribution < -0.4 is 15.7 Å². The van der Waals surface area contributed by atoms with Crippen molar-refractivity contribution in [3.63, 3.8) is 0 Å². The molecule has 7 heteroatoms. The number of rotatable bonds is 2. The van der Waals surface area contributed by atoms with Gasteiger partial charge >= 0.3 is 7.12 Å². The molecule has 0 spiro atoms. The largest absolute Gasteiger partial charge is 0.496 e. The van der Waals surface area contributed by atoms with Gasteiger partial charge in [-0.3, -0.25) is 0 Å². The molecule has 0 aliphatic carbocycles. The minimum atomic E-state index is -0.580. The summed E-state index contributed by atoms with van der Waals surface area (Å²) in [6.07, 6.45) is 1.66. The summed E-state index contributed by atoms with van der Waals surface area (Å²) in [5.74, 6) is 0.0795. The van der Waals surface area contributed by atoms with Crippen LogP contribution in [0, 0.1) is 5.82 Å². The van der Waals surface area contributed by atoms with Crippen LogP contribution in [0.5, 0.6) is 0 Å². The standard InChI is InChI=1S/C15H23BFN3O2/c1-14(2)15(3,4)22-16(21-14)11-9-12(17)13(19-10-11)20-7-5-18-6-8-20/h9-10,18H,5-8H2,1-4H3. The van der Waals surface area contributed by atoms with Crippen LogP contribution >= 0.6 is 0 Å². The zero-order valence-electron chi connectivity index (χ0n) is 13.6. The number of pyridine rings is 1. The van der Waals surface area contributed by atoms with Crippen molar-refractivity contribution < 1.29 is 13.7 Å². The third-order valence-corrected chi connectivity index (χ3v) is 4.78. The summed E-state index contributed by atoms with van der Waals surface area (Å²) in [7, 11) is -0.580. The van der Waals surface area contributed by atoms with Crippen molar-refractivity contribution in [3.05, 3.63) is 18.1 Å². The van der Waals surface area contributed by atoms with E-state index in [-0.39, 0.29) is 5.82 Å². The van der Waals surface area contributed by atoms with E-state index in [0.717, 1.165) is 26.2 Å². The van der Waals surface area contributed by atoms with E-state index >= 15 is 0 Å². The second-order valence-electron chi connectivity index (χ2n) is 6.90. The molecule has 3 rings (SSSR count). The molecule has 0 radical (unpaired) electrons. The van der Waals surface area contributed by atoms with Gasteiger partial charge in [0.1, 0.15) is 0 Å². The Morgan fingerprint density at radius 1 is 1.18 bits per heavy atom. The van der Waals surface area contributed by atoms with Crippen molar-refractivity contribution in [1.29, 1.82) is 0 Å². The quantitative estimate of drug-likeness (QED) is 0.824. The van der Waals surface area contributed by atoms with Gasteiger partial charge in [-0.05, 0) is 33.8 Å². The first-order chi connectivity index (χ1) is 10.3. The van der Waals surface area contributed by atoms with Crippen molar-refractivity contribution in [2.75, 3.05) is 31.1 Å². The van der Waals surface area contributed by atoms with Gasteiger partial charge in [-0.2, -0.15) is 0 Å². The lowest BCUT2D eigenvalue weighted by Gasteiger charge is -2.32. The Hall–Kier alpha value is -1.18. The van der Waals surface area contributed by atoms with Gasteiger partial charge in [-0.25, -0.2) is 9.37 Å². The lowest BCUT2D eigenvalue weighted by Crippen LogP contribution is -2.44. The van der Waals surface area contributed by atoms with Gasteiger partial charge in [0.15, 0.2) is 11.6 Å². The summed E-state index contributed by atoms with van der Waals surface area (Å²) >= 11 is 0. The second-order valence-corrected chi connectivity index (χ2v) is 6.90. The van der Waals surface area contributed by atoms with E-state index in [9.17, 15) is 4.39 Å². The topological polar surface area (TPSA) is 46.6 Å². The van der Waals surface area contributed by atoms with E-state index in [1.807, 2.05) is 32.6 Å². The van der Waals surface area contributed by atoms with Crippen molar-refractivity contribution in [2.24, 2.45) is 0 Å². The number of hydrogen-bond donors (Lipinski definition) is 1. The molecule has 2 fully saturated rings. The summed E-state index contributed by atoms with van der Waals surface area (Å²) in [4.78, 5) is 6.26. The third kappa shape index (κ3) is 2.73. The highest BCUT2D eigenvalue weighted by atomic mass is 19.1. The number of hydrogen-bond acceptors (Lipinski definition) is 5. The molecule has 1 aromatic rings. The van der Waals surface area contributed by atoms with E-state index in [0.29, 0.717) is 11.3 Å². The van der Waals surface area contributed by atoms with Gasteiger partial charge in [0.05, 0.1) is 11.2 Å².